The van der Waals surface area contributed by atoms with Gasteiger partial charge in [-0.1, -0.05) is 17.3 Å². The van der Waals surface area contributed by atoms with Crippen LogP contribution in [0.3, 0.4) is 0 Å². The molecule has 28 heavy (non-hydrogen) atoms. The smallest absolute Gasteiger partial charge is 0.250 e. The lowest BCUT2D eigenvalue weighted by Crippen LogP contribution is -2.04. The van der Waals surface area contributed by atoms with Gasteiger partial charge < -0.3 is 14.0 Å². The number of rotatable bonds is 6. The fourth-order valence-electron chi connectivity index (χ4n) is 2.59. The summed E-state index contributed by atoms with van der Waals surface area (Å²) in [6.45, 7) is 0.128. The van der Waals surface area contributed by atoms with E-state index in [0.29, 0.717) is 40.2 Å². The van der Waals surface area contributed by atoms with Crippen LogP contribution in [0.5, 0.6) is 11.5 Å². The minimum absolute atomic E-state index is 0.128. The van der Waals surface area contributed by atoms with E-state index in [9.17, 15) is 4.39 Å². The van der Waals surface area contributed by atoms with Gasteiger partial charge in [0.1, 0.15) is 12.4 Å². The van der Waals surface area contributed by atoms with Gasteiger partial charge in [-0.25, -0.2) is 4.39 Å². The molecule has 0 aliphatic heterocycles. The zero-order valence-electron chi connectivity index (χ0n) is 15.0. The van der Waals surface area contributed by atoms with Gasteiger partial charge in [0.05, 0.1) is 14.2 Å². The van der Waals surface area contributed by atoms with Gasteiger partial charge in [-0.2, -0.15) is 9.78 Å². The maximum Gasteiger partial charge on any atom is 0.250 e. The van der Waals surface area contributed by atoms with E-state index in [0.717, 1.165) is 0 Å². The van der Waals surface area contributed by atoms with Crippen molar-refractivity contribution in [3.05, 3.63) is 54.2 Å². The summed E-state index contributed by atoms with van der Waals surface area (Å²) in [5.74, 6) is 1.79. The molecule has 9 nitrogen and oxygen atoms in total. The highest BCUT2D eigenvalue weighted by Gasteiger charge is 2.14. The summed E-state index contributed by atoms with van der Waals surface area (Å²) in [6.07, 6.45) is 0. The molecule has 4 rings (SSSR count). The predicted octanol–water partition coefficient (Wildman–Crippen LogP) is 2.59. The van der Waals surface area contributed by atoms with Crippen LogP contribution in [0.4, 0.5) is 4.39 Å². The van der Waals surface area contributed by atoms with Gasteiger partial charge in [-0.15, -0.1) is 10.2 Å². The SMILES string of the molecule is COc1ccc(-c2noc(Cn3nnc(-c4cccc(F)c4)n3)n2)cc1OC. The fraction of sp³-hybridized carbons (Fsp3) is 0.167. The Morgan fingerprint density at radius 2 is 1.82 bits per heavy atom. The molecular formula is C18H15FN6O3. The molecule has 10 heteroatoms. The molecule has 0 aliphatic rings. The Morgan fingerprint density at radius 3 is 2.61 bits per heavy atom. The minimum Gasteiger partial charge on any atom is -0.493 e. The molecule has 0 aliphatic carbocycles. The van der Waals surface area contributed by atoms with E-state index in [1.54, 1.807) is 44.6 Å². The molecule has 2 aromatic carbocycles. The average molecular weight is 382 g/mol. The second kappa shape index (κ2) is 7.43. The van der Waals surface area contributed by atoms with E-state index in [2.05, 4.69) is 25.6 Å². The Balaban J connectivity index is 1.53. The second-order valence-corrected chi connectivity index (χ2v) is 5.74. The minimum atomic E-state index is -0.370. The van der Waals surface area contributed by atoms with E-state index in [1.165, 1.54) is 16.9 Å². The fourth-order valence-corrected chi connectivity index (χ4v) is 2.59. The molecule has 0 radical (unpaired) electrons. The summed E-state index contributed by atoms with van der Waals surface area (Å²) in [5.41, 5.74) is 1.24. The van der Waals surface area contributed by atoms with Crippen LogP contribution >= 0.6 is 0 Å². The predicted molar refractivity (Wildman–Crippen MR) is 95.2 cm³/mol. The van der Waals surface area contributed by atoms with Gasteiger partial charge in [-0.05, 0) is 35.5 Å². The molecule has 0 spiro atoms. The van der Waals surface area contributed by atoms with Crippen molar-refractivity contribution in [2.24, 2.45) is 0 Å². The number of methoxy groups -OCH3 is 2. The number of hydrogen-bond donors (Lipinski definition) is 0. The van der Waals surface area contributed by atoms with Gasteiger partial charge >= 0.3 is 0 Å². The van der Waals surface area contributed by atoms with Crippen LogP contribution < -0.4 is 9.47 Å². The summed E-state index contributed by atoms with van der Waals surface area (Å²) in [4.78, 5) is 5.64. The Labute approximate surface area is 158 Å². The van der Waals surface area contributed by atoms with Crippen LogP contribution in [-0.2, 0) is 6.54 Å². The van der Waals surface area contributed by atoms with Crippen molar-refractivity contribution in [1.82, 2.24) is 30.3 Å². The first-order chi connectivity index (χ1) is 13.7. The van der Waals surface area contributed by atoms with E-state index >= 15 is 0 Å². The standard InChI is InChI=1S/C18H15FN6O3/c1-26-14-7-6-12(9-15(14)27-2)17-20-16(28-23-17)10-25-22-18(21-24-25)11-4-3-5-13(19)8-11/h3-9H,10H2,1-2H3. The summed E-state index contributed by atoms with van der Waals surface area (Å²) < 4.78 is 29.1. The zero-order valence-corrected chi connectivity index (χ0v) is 15.0. The third-order valence-electron chi connectivity index (χ3n) is 3.92. The largest absolute Gasteiger partial charge is 0.493 e. The molecule has 0 saturated heterocycles. The first-order valence-electron chi connectivity index (χ1n) is 8.25. The summed E-state index contributed by atoms with van der Waals surface area (Å²) in [6, 6.07) is 11.3. The highest BCUT2D eigenvalue weighted by Crippen LogP contribution is 2.31. The van der Waals surface area contributed by atoms with Crippen molar-refractivity contribution in [3.8, 4) is 34.3 Å². The van der Waals surface area contributed by atoms with Crippen molar-refractivity contribution in [2.45, 2.75) is 6.54 Å². The van der Waals surface area contributed by atoms with E-state index in [4.69, 9.17) is 14.0 Å². The second-order valence-electron chi connectivity index (χ2n) is 5.74. The molecule has 0 N–H and O–H groups in total. The molecule has 0 bridgehead atoms. The summed E-state index contributed by atoms with van der Waals surface area (Å²) in [5, 5.41) is 16.0. The van der Waals surface area contributed by atoms with Crippen molar-refractivity contribution >= 4 is 0 Å². The molecule has 0 fully saturated rings. The van der Waals surface area contributed by atoms with Gasteiger partial charge in [0, 0.05) is 11.1 Å². The number of nitrogens with zero attached hydrogens (tertiary/aromatic N) is 6. The molecule has 2 aromatic heterocycles. The van der Waals surface area contributed by atoms with Crippen LogP contribution in [0.15, 0.2) is 47.0 Å². The summed E-state index contributed by atoms with van der Waals surface area (Å²) >= 11 is 0. The lowest BCUT2D eigenvalue weighted by atomic mass is 10.2. The molecule has 0 unspecified atom stereocenters. The lowest BCUT2D eigenvalue weighted by Gasteiger charge is -2.07. The molecule has 0 amide bonds. The van der Waals surface area contributed by atoms with E-state index in [1.807, 2.05) is 0 Å². The molecular weight excluding hydrogens is 367 g/mol. The number of tetrazole rings is 1. The van der Waals surface area contributed by atoms with Crippen molar-refractivity contribution < 1.29 is 18.4 Å². The van der Waals surface area contributed by atoms with E-state index < -0.39 is 0 Å². The normalized spacial score (nSPS) is 10.8. The molecule has 0 atom stereocenters. The molecule has 2 heterocycles. The monoisotopic (exact) mass is 382 g/mol. The number of ether oxygens (including phenoxy) is 2. The van der Waals surface area contributed by atoms with Crippen LogP contribution in [-0.4, -0.2) is 44.6 Å². The van der Waals surface area contributed by atoms with Crippen LogP contribution in [0.2, 0.25) is 0 Å². The first-order valence-corrected chi connectivity index (χ1v) is 8.25. The Bertz CT molecular complexity index is 1110. The van der Waals surface area contributed by atoms with Gasteiger partial charge in [-0.3, -0.25) is 0 Å². The van der Waals surface area contributed by atoms with Crippen LogP contribution in [0.1, 0.15) is 5.89 Å². The van der Waals surface area contributed by atoms with E-state index in [-0.39, 0.29) is 12.4 Å². The highest BCUT2D eigenvalue weighted by molar-refractivity contribution is 5.60. The maximum atomic E-state index is 13.3. The van der Waals surface area contributed by atoms with Gasteiger partial charge in [0.2, 0.25) is 11.6 Å². The van der Waals surface area contributed by atoms with Gasteiger partial charge in [0.25, 0.3) is 5.89 Å². The topological polar surface area (TPSA) is 101 Å². The maximum absolute atomic E-state index is 13.3. The van der Waals surface area contributed by atoms with Crippen LogP contribution in [0, 0.1) is 5.82 Å². The first kappa shape index (κ1) is 17.6. The van der Waals surface area contributed by atoms with Gasteiger partial charge in [0.15, 0.2) is 11.5 Å². The third-order valence-corrected chi connectivity index (χ3v) is 3.92. The molecule has 0 saturated carbocycles. The molecule has 4 aromatic rings. The summed E-state index contributed by atoms with van der Waals surface area (Å²) in [7, 11) is 3.11. The van der Waals surface area contributed by atoms with Crippen LogP contribution in [0.25, 0.3) is 22.8 Å². The molecule has 142 valence electrons. The average Bonchev–Trinajstić information content (AvgIpc) is 3.37. The Hall–Kier alpha value is -3.82. The van der Waals surface area contributed by atoms with Crippen molar-refractivity contribution in [1.29, 1.82) is 0 Å². The van der Waals surface area contributed by atoms with Crippen molar-refractivity contribution in [2.75, 3.05) is 14.2 Å². The number of benzene rings is 2. The Kier molecular flexibility index (Phi) is 4.67. The number of aromatic nitrogens is 6. The van der Waals surface area contributed by atoms with Crippen molar-refractivity contribution in [3.63, 3.8) is 0 Å². The third kappa shape index (κ3) is 3.52. The quantitative estimate of drug-likeness (QED) is 0.502. The highest BCUT2D eigenvalue weighted by atomic mass is 19.1. The number of halogens is 1. The number of hydrogen-bond acceptors (Lipinski definition) is 8. The zero-order chi connectivity index (χ0) is 19.5. The Morgan fingerprint density at radius 1 is 1.00 bits per heavy atom. The lowest BCUT2D eigenvalue weighted by molar-refractivity contribution is 0.354.